The SMILES string of the molecule is CC(C)CC(CN)NC(=O)c1ccc(CS(C)(=O)=O)cc1.Cl. The highest BCUT2D eigenvalue weighted by molar-refractivity contribution is 7.89. The molecule has 0 spiro atoms. The lowest BCUT2D eigenvalue weighted by molar-refractivity contribution is 0.0933. The first kappa shape index (κ1) is 20.9. The average molecular weight is 349 g/mol. The Hall–Kier alpha value is -1.11. The van der Waals surface area contributed by atoms with E-state index in [1.54, 1.807) is 24.3 Å². The molecule has 0 saturated carbocycles. The largest absolute Gasteiger partial charge is 0.348 e. The van der Waals surface area contributed by atoms with Crippen LogP contribution in [0.1, 0.15) is 36.2 Å². The monoisotopic (exact) mass is 348 g/mol. The highest BCUT2D eigenvalue weighted by atomic mass is 35.5. The maximum absolute atomic E-state index is 12.1. The zero-order chi connectivity index (χ0) is 16.0. The van der Waals surface area contributed by atoms with Crippen molar-refractivity contribution in [2.75, 3.05) is 12.8 Å². The van der Waals surface area contributed by atoms with E-state index < -0.39 is 9.84 Å². The molecule has 1 aromatic carbocycles. The van der Waals surface area contributed by atoms with E-state index in [0.29, 0.717) is 23.6 Å². The third-order valence-corrected chi connectivity index (χ3v) is 3.88. The van der Waals surface area contributed by atoms with Crippen molar-refractivity contribution in [2.45, 2.75) is 32.1 Å². The van der Waals surface area contributed by atoms with E-state index >= 15 is 0 Å². The van der Waals surface area contributed by atoms with Crippen LogP contribution < -0.4 is 11.1 Å². The van der Waals surface area contributed by atoms with Crippen LogP contribution in [0.5, 0.6) is 0 Å². The van der Waals surface area contributed by atoms with Gasteiger partial charge in [0.25, 0.3) is 5.91 Å². The Bertz CT molecular complexity index is 571. The van der Waals surface area contributed by atoms with Gasteiger partial charge >= 0.3 is 0 Å². The fourth-order valence-electron chi connectivity index (χ4n) is 2.11. The molecular formula is C15H25ClN2O3S. The molecule has 0 fully saturated rings. The number of benzene rings is 1. The Morgan fingerprint density at radius 1 is 1.23 bits per heavy atom. The van der Waals surface area contributed by atoms with Crippen LogP contribution in [0, 0.1) is 5.92 Å². The number of hydrogen-bond acceptors (Lipinski definition) is 4. The second kappa shape index (κ2) is 9.12. The molecule has 5 nitrogen and oxygen atoms in total. The molecule has 0 heterocycles. The molecule has 7 heteroatoms. The van der Waals surface area contributed by atoms with Crippen LogP contribution in [0.4, 0.5) is 0 Å². The van der Waals surface area contributed by atoms with Gasteiger partial charge in [0.1, 0.15) is 0 Å². The first-order chi connectivity index (χ1) is 9.71. The lowest BCUT2D eigenvalue weighted by atomic mass is 10.0. The Kier molecular flexibility index (Phi) is 8.66. The zero-order valence-corrected chi connectivity index (χ0v) is 14.8. The predicted octanol–water partition coefficient (Wildman–Crippen LogP) is 1.76. The first-order valence-electron chi connectivity index (χ1n) is 6.99. The van der Waals surface area contributed by atoms with E-state index in [1.807, 2.05) is 0 Å². The fourth-order valence-corrected chi connectivity index (χ4v) is 2.90. The van der Waals surface area contributed by atoms with Gasteiger partial charge in [-0.15, -0.1) is 12.4 Å². The number of carbonyl (C=O) groups excluding carboxylic acids is 1. The molecule has 0 aliphatic carbocycles. The van der Waals surface area contributed by atoms with Gasteiger partial charge in [0.2, 0.25) is 0 Å². The normalized spacial score (nSPS) is 12.6. The molecule has 1 aromatic rings. The molecule has 1 amide bonds. The molecule has 1 rings (SSSR count). The Labute approximate surface area is 139 Å². The van der Waals surface area contributed by atoms with Gasteiger partial charge in [-0.05, 0) is 30.0 Å². The predicted molar refractivity (Wildman–Crippen MR) is 92.0 cm³/mol. The van der Waals surface area contributed by atoms with Crippen LogP contribution in [-0.2, 0) is 15.6 Å². The van der Waals surface area contributed by atoms with Crippen molar-refractivity contribution in [3.05, 3.63) is 35.4 Å². The van der Waals surface area contributed by atoms with Crippen molar-refractivity contribution in [1.82, 2.24) is 5.32 Å². The molecule has 0 aliphatic rings. The minimum atomic E-state index is -3.06. The third kappa shape index (κ3) is 7.77. The van der Waals surface area contributed by atoms with Crippen molar-refractivity contribution in [1.29, 1.82) is 0 Å². The van der Waals surface area contributed by atoms with E-state index in [9.17, 15) is 13.2 Å². The first-order valence-corrected chi connectivity index (χ1v) is 9.05. The summed E-state index contributed by atoms with van der Waals surface area (Å²) >= 11 is 0. The lowest BCUT2D eigenvalue weighted by Crippen LogP contribution is -2.41. The molecule has 3 N–H and O–H groups in total. The number of halogens is 1. The molecule has 1 unspecified atom stereocenters. The molecule has 0 aliphatic heterocycles. The quantitative estimate of drug-likeness (QED) is 0.785. The van der Waals surface area contributed by atoms with Crippen molar-refractivity contribution in [3.63, 3.8) is 0 Å². The minimum Gasteiger partial charge on any atom is -0.348 e. The van der Waals surface area contributed by atoms with E-state index in [1.165, 1.54) is 6.26 Å². The van der Waals surface area contributed by atoms with E-state index in [0.717, 1.165) is 6.42 Å². The van der Waals surface area contributed by atoms with Crippen LogP contribution in [-0.4, -0.2) is 33.2 Å². The van der Waals surface area contributed by atoms with Gasteiger partial charge in [-0.1, -0.05) is 26.0 Å². The number of rotatable bonds is 7. The smallest absolute Gasteiger partial charge is 0.251 e. The molecule has 0 bridgehead atoms. The molecule has 0 saturated heterocycles. The van der Waals surface area contributed by atoms with Crippen LogP contribution in [0.2, 0.25) is 0 Å². The molecule has 1 atom stereocenters. The van der Waals surface area contributed by atoms with E-state index in [-0.39, 0.29) is 30.1 Å². The Morgan fingerprint density at radius 3 is 2.18 bits per heavy atom. The Balaban J connectivity index is 0.00000441. The maximum Gasteiger partial charge on any atom is 0.251 e. The molecule has 22 heavy (non-hydrogen) atoms. The summed E-state index contributed by atoms with van der Waals surface area (Å²) in [6, 6.07) is 6.55. The van der Waals surface area contributed by atoms with Crippen molar-refractivity contribution < 1.29 is 13.2 Å². The van der Waals surface area contributed by atoms with Crippen LogP contribution in [0.3, 0.4) is 0 Å². The molecule has 0 aromatic heterocycles. The van der Waals surface area contributed by atoms with Crippen molar-refractivity contribution >= 4 is 28.2 Å². The second-order valence-electron chi connectivity index (χ2n) is 5.80. The van der Waals surface area contributed by atoms with Gasteiger partial charge in [-0.2, -0.15) is 0 Å². The second-order valence-corrected chi connectivity index (χ2v) is 7.94. The standard InChI is InChI=1S/C15H24N2O3S.ClH/c1-11(2)8-14(9-16)17-15(18)13-6-4-12(5-7-13)10-21(3,19)20;/h4-7,11,14H,8-10,16H2,1-3H3,(H,17,18);1H. The summed E-state index contributed by atoms with van der Waals surface area (Å²) in [5.41, 5.74) is 6.84. The zero-order valence-electron chi connectivity index (χ0n) is 13.2. The number of hydrogen-bond donors (Lipinski definition) is 2. The highest BCUT2D eigenvalue weighted by Gasteiger charge is 2.14. The van der Waals surface area contributed by atoms with Crippen molar-refractivity contribution in [2.24, 2.45) is 11.7 Å². The summed E-state index contributed by atoms with van der Waals surface area (Å²) in [6.45, 7) is 4.56. The summed E-state index contributed by atoms with van der Waals surface area (Å²) in [7, 11) is -3.06. The van der Waals surface area contributed by atoms with Gasteiger partial charge in [-0.3, -0.25) is 4.79 Å². The fraction of sp³-hybridized carbons (Fsp3) is 0.533. The number of nitrogens with one attached hydrogen (secondary N) is 1. The van der Waals surface area contributed by atoms with Gasteiger partial charge < -0.3 is 11.1 Å². The van der Waals surface area contributed by atoms with Crippen LogP contribution in [0.25, 0.3) is 0 Å². The average Bonchev–Trinajstić information content (AvgIpc) is 2.36. The number of amides is 1. The lowest BCUT2D eigenvalue weighted by Gasteiger charge is -2.18. The third-order valence-electron chi connectivity index (χ3n) is 3.02. The number of carbonyl (C=O) groups is 1. The topological polar surface area (TPSA) is 89.3 Å². The van der Waals surface area contributed by atoms with Crippen LogP contribution >= 0.6 is 12.4 Å². The van der Waals surface area contributed by atoms with Gasteiger partial charge in [0, 0.05) is 24.4 Å². The van der Waals surface area contributed by atoms with E-state index in [4.69, 9.17) is 5.73 Å². The van der Waals surface area contributed by atoms with Crippen LogP contribution in [0.15, 0.2) is 24.3 Å². The molecule has 126 valence electrons. The molecular weight excluding hydrogens is 324 g/mol. The van der Waals surface area contributed by atoms with E-state index in [2.05, 4.69) is 19.2 Å². The summed E-state index contributed by atoms with van der Waals surface area (Å²) in [4.78, 5) is 12.1. The van der Waals surface area contributed by atoms with Gasteiger partial charge in [0.05, 0.1) is 5.75 Å². The van der Waals surface area contributed by atoms with Crippen molar-refractivity contribution in [3.8, 4) is 0 Å². The number of sulfone groups is 1. The summed E-state index contributed by atoms with van der Waals surface area (Å²) in [6.07, 6.45) is 2.01. The minimum absolute atomic E-state index is 0. The summed E-state index contributed by atoms with van der Waals surface area (Å²) in [5.74, 6) is 0.251. The number of nitrogens with two attached hydrogens (primary N) is 1. The van der Waals surface area contributed by atoms with Gasteiger partial charge in [0.15, 0.2) is 9.84 Å². The highest BCUT2D eigenvalue weighted by Crippen LogP contribution is 2.09. The van der Waals surface area contributed by atoms with Gasteiger partial charge in [-0.25, -0.2) is 8.42 Å². The molecule has 0 radical (unpaired) electrons. The summed E-state index contributed by atoms with van der Waals surface area (Å²) < 4.78 is 22.4. The summed E-state index contributed by atoms with van der Waals surface area (Å²) in [5, 5.41) is 2.90. The maximum atomic E-state index is 12.1. The Morgan fingerprint density at radius 2 is 1.77 bits per heavy atom.